The molecule has 0 bridgehead atoms. The number of rotatable bonds is 17. The second-order valence-corrected chi connectivity index (χ2v) is 11.6. The lowest BCUT2D eigenvalue weighted by atomic mass is 9.78. The molecule has 2 aliphatic rings. The van der Waals surface area contributed by atoms with Gasteiger partial charge in [0.25, 0.3) is 5.92 Å². The Balaban J connectivity index is 1.27. The van der Waals surface area contributed by atoms with Gasteiger partial charge in [-0.15, -0.1) is 0 Å². The van der Waals surface area contributed by atoms with Crippen LogP contribution in [0.3, 0.4) is 0 Å². The fourth-order valence-electron chi connectivity index (χ4n) is 5.64. The van der Waals surface area contributed by atoms with Gasteiger partial charge < -0.3 is 4.74 Å². The van der Waals surface area contributed by atoms with Crippen LogP contribution in [-0.4, -0.2) is 33.9 Å². The summed E-state index contributed by atoms with van der Waals surface area (Å²) in [6.07, 6.45) is 12.6. The minimum atomic E-state index is -3.28. The Morgan fingerprint density at radius 3 is 2.23 bits per heavy atom. The molecule has 1 saturated carbocycles. The van der Waals surface area contributed by atoms with Crippen molar-refractivity contribution < 1.29 is 26.7 Å². The summed E-state index contributed by atoms with van der Waals surface area (Å²) in [5, 5.41) is 0. The van der Waals surface area contributed by atoms with Crippen molar-refractivity contribution in [2.24, 2.45) is 11.8 Å². The molecule has 9 heteroatoms. The summed E-state index contributed by atoms with van der Waals surface area (Å²) < 4.78 is 78.4. The van der Waals surface area contributed by atoms with Gasteiger partial charge in [-0.2, -0.15) is 4.39 Å². The number of ether oxygens (including phenoxy) is 1. The summed E-state index contributed by atoms with van der Waals surface area (Å²) in [6.45, 7) is 1.29. The number of halogens is 5. The predicted octanol–water partition coefficient (Wildman–Crippen LogP) is 9.11. The molecular weight excluding hydrogens is 525 g/mol. The van der Waals surface area contributed by atoms with Crippen LogP contribution in [0.25, 0.3) is 11.5 Å². The zero-order valence-electron chi connectivity index (χ0n) is 23.5. The number of aromatic nitrogens is 3. The van der Waals surface area contributed by atoms with E-state index in [4.69, 9.17) is 4.74 Å². The second kappa shape index (κ2) is 14.5. The number of pyridine rings is 1. The summed E-state index contributed by atoms with van der Waals surface area (Å²) in [7, 11) is 0. The van der Waals surface area contributed by atoms with Crippen LogP contribution in [-0.2, 0) is 12.3 Å². The maximum absolute atomic E-state index is 15.4. The van der Waals surface area contributed by atoms with E-state index in [2.05, 4.69) is 15.0 Å². The van der Waals surface area contributed by atoms with Gasteiger partial charge in [0.05, 0.1) is 18.0 Å². The monoisotopic (exact) mass is 567 g/mol. The highest BCUT2D eigenvalue weighted by Crippen LogP contribution is 2.47. The first-order valence-electron chi connectivity index (χ1n) is 15.1. The first kappa shape index (κ1) is 30.6. The lowest BCUT2D eigenvalue weighted by Gasteiger charge is -2.33. The number of fused-ring (bicyclic) bond motifs is 1. The number of nitrogens with zero attached hydrogens (tertiary/aromatic N) is 3. The molecule has 2 aromatic rings. The van der Waals surface area contributed by atoms with Gasteiger partial charge in [0.2, 0.25) is 5.95 Å². The normalized spacial score (nSPS) is 19.7. The van der Waals surface area contributed by atoms with Crippen LogP contribution < -0.4 is 4.74 Å². The molecule has 0 spiro atoms. The van der Waals surface area contributed by atoms with Crippen molar-refractivity contribution in [2.45, 2.75) is 122 Å². The predicted molar refractivity (Wildman–Crippen MR) is 145 cm³/mol. The number of hydrogen-bond donors (Lipinski definition) is 0. The third-order valence-corrected chi connectivity index (χ3v) is 8.25. The van der Waals surface area contributed by atoms with Gasteiger partial charge in [-0.3, -0.25) is 0 Å². The van der Waals surface area contributed by atoms with E-state index >= 15 is 13.2 Å². The Bertz CT molecular complexity index is 1060. The largest absolute Gasteiger partial charge is 0.487 e. The van der Waals surface area contributed by atoms with Crippen molar-refractivity contribution >= 4 is 0 Å². The minimum absolute atomic E-state index is 0.0400. The van der Waals surface area contributed by atoms with Gasteiger partial charge in [-0.05, 0) is 43.2 Å². The van der Waals surface area contributed by atoms with Crippen molar-refractivity contribution in [3.05, 3.63) is 35.5 Å². The first-order valence-corrected chi connectivity index (χ1v) is 15.1. The Kier molecular flexibility index (Phi) is 11.1. The highest BCUT2D eigenvalue weighted by Gasteiger charge is 2.47. The Labute approximate surface area is 234 Å². The fraction of sp³-hybridized carbons (Fsp3) is 0.710. The average molecular weight is 568 g/mol. The Morgan fingerprint density at radius 2 is 1.57 bits per heavy atom. The van der Waals surface area contributed by atoms with E-state index in [0.29, 0.717) is 19.3 Å². The molecule has 0 radical (unpaired) electrons. The van der Waals surface area contributed by atoms with E-state index in [1.54, 1.807) is 6.92 Å². The smallest absolute Gasteiger partial charge is 0.280 e. The van der Waals surface area contributed by atoms with Crippen molar-refractivity contribution in [2.75, 3.05) is 6.61 Å². The van der Waals surface area contributed by atoms with Gasteiger partial charge in [0, 0.05) is 5.92 Å². The van der Waals surface area contributed by atoms with E-state index in [0.717, 1.165) is 31.6 Å². The molecule has 2 aromatic heterocycles. The molecule has 0 N–H and O–H groups in total. The third kappa shape index (κ3) is 8.35. The van der Waals surface area contributed by atoms with Crippen molar-refractivity contribution in [1.82, 2.24) is 15.0 Å². The number of unbranched alkanes of at least 4 members (excludes halogenated alkanes) is 6. The van der Waals surface area contributed by atoms with E-state index < -0.39 is 42.3 Å². The van der Waals surface area contributed by atoms with Gasteiger partial charge in [-0.25, -0.2) is 32.5 Å². The van der Waals surface area contributed by atoms with Crippen LogP contribution in [0.5, 0.6) is 5.75 Å². The Morgan fingerprint density at radius 1 is 0.925 bits per heavy atom. The van der Waals surface area contributed by atoms with Crippen molar-refractivity contribution in [1.29, 1.82) is 0 Å². The molecule has 1 fully saturated rings. The quantitative estimate of drug-likeness (QED) is 0.109. The maximum Gasteiger partial charge on any atom is 0.280 e. The van der Waals surface area contributed by atoms with Gasteiger partial charge in [0.15, 0.2) is 17.7 Å². The second-order valence-electron chi connectivity index (χ2n) is 11.6. The lowest BCUT2D eigenvalue weighted by molar-refractivity contribution is -0.0824. The molecule has 4 nitrogen and oxygen atoms in total. The molecule has 0 aliphatic heterocycles. The number of aryl methyl sites for hydroxylation is 1. The van der Waals surface area contributed by atoms with Crippen molar-refractivity contribution in [3.63, 3.8) is 0 Å². The van der Waals surface area contributed by atoms with Gasteiger partial charge in [0.1, 0.15) is 18.5 Å². The summed E-state index contributed by atoms with van der Waals surface area (Å²) >= 11 is 0. The zero-order valence-corrected chi connectivity index (χ0v) is 23.5. The first-order chi connectivity index (χ1) is 19.3. The molecular formula is C31H42F5N3O. The summed E-state index contributed by atoms with van der Waals surface area (Å²) in [4.78, 5) is 11.9. The lowest BCUT2D eigenvalue weighted by Crippen LogP contribution is -2.33. The number of hydrogen-bond acceptors (Lipinski definition) is 4. The van der Waals surface area contributed by atoms with Crippen LogP contribution in [0, 0.1) is 17.8 Å². The third-order valence-electron chi connectivity index (χ3n) is 8.25. The van der Waals surface area contributed by atoms with Crippen LogP contribution in [0.1, 0.15) is 108 Å². The zero-order chi connectivity index (χ0) is 28.5. The van der Waals surface area contributed by atoms with E-state index in [1.807, 2.05) is 0 Å². The molecule has 3 atom stereocenters. The van der Waals surface area contributed by atoms with Crippen LogP contribution in [0.4, 0.5) is 22.0 Å². The fourth-order valence-corrected chi connectivity index (χ4v) is 5.64. The molecule has 4 rings (SSSR count). The van der Waals surface area contributed by atoms with E-state index in [-0.39, 0.29) is 35.7 Å². The molecule has 0 amide bonds. The van der Waals surface area contributed by atoms with E-state index in [9.17, 15) is 8.78 Å². The summed E-state index contributed by atoms with van der Waals surface area (Å²) in [6, 6.07) is 1.43. The SMILES string of the molecule is CCCC(F)C(F)COc1cnc(-c2cc3c(c(F)n2)C(F)(F)C(CCCCCCCCCC2CC2)CC3)nc1. The molecule has 0 saturated heterocycles. The van der Waals surface area contributed by atoms with Crippen LogP contribution in [0.15, 0.2) is 18.5 Å². The molecule has 2 aliphatic carbocycles. The minimum Gasteiger partial charge on any atom is -0.487 e. The summed E-state index contributed by atoms with van der Waals surface area (Å²) in [5.41, 5.74) is -0.335. The van der Waals surface area contributed by atoms with Crippen LogP contribution >= 0.6 is 0 Å². The molecule has 40 heavy (non-hydrogen) atoms. The molecule has 222 valence electrons. The van der Waals surface area contributed by atoms with Gasteiger partial charge in [-0.1, -0.05) is 77.6 Å². The Hall–Kier alpha value is -2.32. The highest BCUT2D eigenvalue weighted by molar-refractivity contribution is 5.53. The van der Waals surface area contributed by atoms with Gasteiger partial charge >= 0.3 is 0 Å². The molecule has 3 unspecified atom stereocenters. The summed E-state index contributed by atoms with van der Waals surface area (Å²) in [5.74, 6) is -4.22. The molecule has 0 aromatic carbocycles. The molecule has 2 heterocycles. The maximum atomic E-state index is 15.4. The van der Waals surface area contributed by atoms with E-state index in [1.165, 1.54) is 57.0 Å². The number of alkyl halides is 4. The topological polar surface area (TPSA) is 47.9 Å². The standard InChI is InChI=1S/C31H42F5N3O/c1-2-10-25(32)26(33)20-40-24-18-37-30(38-19-24)27-17-22-15-16-23(31(35,36)28(22)29(34)39-27)12-9-7-5-3-4-6-8-11-21-13-14-21/h17-19,21,23,25-26H,2-16,20H2,1H3. The average Bonchev–Trinajstić information content (AvgIpc) is 3.76. The van der Waals surface area contributed by atoms with Crippen molar-refractivity contribution in [3.8, 4) is 17.3 Å². The highest BCUT2D eigenvalue weighted by atomic mass is 19.3. The van der Waals surface area contributed by atoms with Crippen LogP contribution in [0.2, 0.25) is 0 Å².